The molecule has 0 aliphatic carbocycles. The third kappa shape index (κ3) is 4.94. The van der Waals surface area contributed by atoms with Crippen LogP contribution < -0.4 is 9.57 Å². The second kappa shape index (κ2) is 8.12. The number of benzene rings is 2. The van der Waals surface area contributed by atoms with Gasteiger partial charge >= 0.3 is 0 Å². The second-order valence-corrected chi connectivity index (χ2v) is 7.46. The Morgan fingerprint density at radius 3 is 2.62 bits per heavy atom. The van der Waals surface area contributed by atoms with Crippen LogP contribution in [0, 0.1) is 6.92 Å². The molecule has 2 rings (SSSR count). The number of nitrogens with one attached hydrogen (secondary N) is 1. The van der Waals surface area contributed by atoms with E-state index in [-0.39, 0.29) is 4.90 Å². The van der Waals surface area contributed by atoms with Gasteiger partial charge in [0.05, 0.1) is 11.1 Å². The van der Waals surface area contributed by atoms with E-state index in [1.807, 2.05) is 6.92 Å². The Balaban J connectivity index is 2.13. The molecule has 0 fully saturated rings. The van der Waals surface area contributed by atoms with Gasteiger partial charge in [-0.05, 0) is 37.3 Å². The van der Waals surface area contributed by atoms with Crippen molar-refractivity contribution < 1.29 is 13.2 Å². The van der Waals surface area contributed by atoms with Crippen molar-refractivity contribution in [1.29, 1.82) is 0 Å². The molecule has 0 atom stereocenters. The van der Waals surface area contributed by atoms with Crippen LogP contribution in [-0.4, -0.2) is 21.2 Å². The third-order valence-electron chi connectivity index (χ3n) is 3.04. The van der Waals surface area contributed by atoms with Crippen molar-refractivity contribution in [3.63, 3.8) is 0 Å². The van der Waals surface area contributed by atoms with Crippen molar-refractivity contribution in [1.82, 2.24) is 4.83 Å². The fourth-order valence-electron chi connectivity index (χ4n) is 1.80. The van der Waals surface area contributed by atoms with E-state index in [0.29, 0.717) is 17.9 Å². The zero-order chi connectivity index (χ0) is 17.6. The van der Waals surface area contributed by atoms with E-state index in [0.717, 1.165) is 10.0 Å². The van der Waals surface area contributed by atoms with Crippen LogP contribution in [0.15, 0.2) is 69.6 Å². The average molecular weight is 409 g/mol. The molecule has 0 radical (unpaired) electrons. The van der Waals surface area contributed by atoms with E-state index in [1.165, 1.54) is 18.3 Å². The monoisotopic (exact) mass is 408 g/mol. The molecule has 0 aromatic heterocycles. The largest absolute Gasteiger partial charge is 0.490 e. The topological polar surface area (TPSA) is 67.8 Å². The van der Waals surface area contributed by atoms with E-state index in [1.54, 1.807) is 36.4 Å². The number of ether oxygens (including phenoxy) is 1. The lowest BCUT2D eigenvalue weighted by molar-refractivity contribution is 0.363. The Hall–Kier alpha value is -2.12. The van der Waals surface area contributed by atoms with Gasteiger partial charge in [0.25, 0.3) is 10.0 Å². The summed E-state index contributed by atoms with van der Waals surface area (Å²) in [6.07, 6.45) is 3.06. The minimum Gasteiger partial charge on any atom is -0.490 e. The van der Waals surface area contributed by atoms with E-state index >= 15 is 0 Å². The zero-order valence-electron chi connectivity index (χ0n) is 13.1. The van der Waals surface area contributed by atoms with Crippen molar-refractivity contribution in [2.45, 2.75) is 11.8 Å². The van der Waals surface area contributed by atoms with Crippen molar-refractivity contribution in [3.8, 4) is 5.75 Å². The Morgan fingerprint density at radius 1 is 1.25 bits per heavy atom. The van der Waals surface area contributed by atoms with E-state index in [4.69, 9.17) is 4.74 Å². The van der Waals surface area contributed by atoms with Gasteiger partial charge in [0.15, 0.2) is 0 Å². The smallest absolute Gasteiger partial charge is 0.276 e. The minimum absolute atomic E-state index is 0.160. The van der Waals surface area contributed by atoms with Gasteiger partial charge < -0.3 is 4.74 Å². The highest BCUT2D eigenvalue weighted by molar-refractivity contribution is 9.10. The quantitative estimate of drug-likeness (QED) is 0.431. The van der Waals surface area contributed by atoms with Crippen LogP contribution >= 0.6 is 15.9 Å². The normalized spacial score (nSPS) is 11.4. The number of hydrazone groups is 1. The molecule has 0 amide bonds. The number of hydrogen-bond donors (Lipinski definition) is 1. The molecule has 2 aromatic carbocycles. The molecule has 0 heterocycles. The molecule has 0 aliphatic rings. The van der Waals surface area contributed by atoms with Crippen molar-refractivity contribution in [2.24, 2.45) is 5.10 Å². The summed E-state index contributed by atoms with van der Waals surface area (Å²) in [6.45, 7) is 5.87. The fourth-order valence-corrected chi connectivity index (χ4v) is 2.94. The summed E-state index contributed by atoms with van der Waals surface area (Å²) in [5, 5.41) is 3.83. The standard InChI is InChI=1S/C17H17BrN2O3S/c1-3-10-23-15-6-9-17(18)14(11-15)12-19-20-24(21,22)16-7-4-13(2)5-8-16/h3-9,11-12,20H,1,10H2,2H3/b19-12+. The first kappa shape index (κ1) is 18.2. The van der Waals surface area contributed by atoms with Gasteiger partial charge in [-0.3, -0.25) is 0 Å². The van der Waals surface area contributed by atoms with Crippen molar-refractivity contribution in [2.75, 3.05) is 6.61 Å². The van der Waals surface area contributed by atoms with Gasteiger partial charge in [0, 0.05) is 10.0 Å². The molecule has 2 aromatic rings. The van der Waals surface area contributed by atoms with Crippen LogP contribution in [-0.2, 0) is 10.0 Å². The molecule has 1 N–H and O–H groups in total. The molecule has 7 heteroatoms. The van der Waals surface area contributed by atoms with Gasteiger partial charge in [0.1, 0.15) is 12.4 Å². The minimum atomic E-state index is -3.69. The molecule has 0 saturated carbocycles. The maximum atomic E-state index is 12.2. The van der Waals surface area contributed by atoms with Gasteiger partial charge in [0.2, 0.25) is 0 Å². The molecular formula is C17H17BrN2O3S. The zero-order valence-corrected chi connectivity index (χ0v) is 15.5. The Kier molecular flexibility index (Phi) is 6.16. The Morgan fingerprint density at radius 2 is 1.96 bits per heavy atom. The maximum absolute atomic E-state index is 12.2. The molecule has 126 valence electrons. The summed E-state index contributed by atoms with van der Waals surface area (Å²) >= 11 is 3.39. The first-order valence-corrected chi connectivity index (χ1v) is 9.35. The first-order chi connectivity index (χ1) is 11.4. The lowest BCUT2D eigenvalue weighted by atomic mass is 10.2. The van der Waals surface area contributed by atoms with Crippen LogP contribution in [0.2, 0.25) is 0 Å². The number of hydrogen-bond acceptors (Lipinski definition) is 4. The van der Waals surface area contributed by atoms with Gasteiger partial charge in [-0.1, -0.05) is 46.3 Å². The summed E-state index contributed by atoms with van der Waals surface area (Å²) in [6, 6.07) is 11.9. The molecular weight excluding hydrogens is 392 g/mol. The van der Waals surface area contributed by atoms with E-state index < -0.39 is 10.0 Å². The predicted molar refractivity (Wildman–Crippen MR) is 98.9 cm³/mol. The van der Waals surface area contributed by atoms with Crippen LogP contribution in [0.25, 0.3) is 0 Å². The number of rotatable bonds is 7. The highest BCUT2D eigenvalue weighted by Gasteiger charge is 2.11. The molecule has 0 spiro atoms. The summed E-state index contributed by atoms with van der Waals surface area (Å²) < 4.78 is 30.5. The van der Waals surface area contributed by atoms with E-state index in [2.05, 4.69) is 32.4 Å². The number of halogens is 1. The van der Waals surface area contributed by atoms with Crippen molar-refractivity contribution in [3.05, 3.63) is 70.7 Å². The van der Waals surface area contributed by atoms with Crippen LogP contribution in [0.1, 0.15) is 11.1 Å². The maximum Gasteiger partial charge on any atom is 0.276 e. The fraction of sp³-hybridized carbons (Fsp3) is 0.118. The molecule has 5 nitrogen and oxygen atoms in total. The highest BCUT2D eigenvalue weighted by atomic mass is 79.9. The second-order valence-electron chi connectivity index (χ2n) is 4.95. The SMILES string of the molecule is C=CCOc1ccc(Br)c(/C=N/NS(=O)(=O)c2ccc(C)cc2)c1. The number of nitrogens with zero attached hydrogens (tertiary/aromatic N) is 1. The number of sulfonamides is 1. The van der Waals surface area contributed by atoms with Crippen LogP contribution in [0.4, 0.5) is 0 Å². The molecule has 0 bridgehead atoms. The van der Waals surface area contributed by atoms with E-state index in [9.17, 15) is 8.42 Å². The summed E-state index contributed by atoms with van der Waals surface area (Å²) in [7, 11) is -3.69. The van der Waals surface area contributed by atoms with Crippen LogP contribution in [0.5, 0.6) is 5.75 Å². The van der Waals surface area contributed by atoms with Crippen molar-refractivity contribution >= 4 is 32.2 Å². The molecule has 0 saturated heterocycles. The predicted octanol–water partition coefficient (Wildman–Crippen LogP) is 3.63. The van der Waals surface area contributed by atoms with Crippen LogP contribution in [0.3, 0.4) is 0 Å². The molecule has 24 heavy (non-hydrogen) atoms. The lowest BCUT2D eigenvalue weighted by Gasteiger charge is -2.06. The molecule has 0 unspecified atom stereocenters. The average Bonchev–Trinajstić information content (AvgIpc) is 2.55. The Labute approximate surface area is 150 Å². The summed E-state index contributed by atoms with van der Waals surface area (Å²) in [5.74, 6) is 0.640. The molecule has 0 aliphatic heterocycles. The van der Waals surface area contributed by atoms with Gasteiger partial charge in [-0.25, -0.2) is 4.83 Å². The first-order valence-electron chi connectivity index (χ1n) is 7.07. The summed E-state index contributed by atoms with van der Waals surface area (Å²) in [5.41, 5.74) is 1.67. The highest BCUT2D eigenvalue weighted by Crippen LogP contribution is 2.21. The third-order valence-corrected chi connectivity index (χ3v) is 5.00. The Bertz CT molecular complexity index is 847. The summed E-state index contributed by atoms with van der Waals surface area (Å²) in [4.78, 5) is 2.36. The van der Waals surface area contributed by atoms with Gasteiger partial charge in [-0.2, -0.15) is 13.5 Å². The number of aryl methyl sites for hydroxylation is 1. The lowest BCUT2D eigenvalue weighted by Crippen LogP contribution is -2.18. The van der Waals surface area contributed by atoms with Gasteiger partial charge in [-0.15, -0.1) is 0 Å².